The second-order valence-corrected chi connectivity index (χ2v) is 5.37. The molecule has 1 aromatic carbocycles. The van der Waals surface area contributed by atoms with E-state index in [0.717, 1.165) is 22.8 Å². The Hall–Kier alpha value is -1.20. The van der Waals surface area contributed by atoms with Crippen LogP contribution in [0.5, 0.6) is 5.75 Å². The third kappa shape index (κ3) is 2.47. The number of amides is 1. The molecular weight excluding hydrogens is 248 g/mol. The first kappa shape index (κ1) is 13.2. The first-order chi connectivity index (χ1) is 8.67. The van der Waals surface area contributed by atoms with E-state index in [9.17, 15) is 4.79 Å². The summed E-state index contributed by atoms with van der Waals surface area (Å²) < 4.78 is 5.35. The molecule has 1 aromatic rings. The van der Waals surface area contributed by atoms with E-state index in [4.69, 9.17) is 10.5 Å². The highest BCUT2D eigenvalue weighted by Gasteiger charge is 2.30. The molecule has 2 rings (SSSR count). The van der Waals surface area contributed by atoms with Crippen LogP contribution in [-0.2, 0) is 4.79 Å². The largest absolute Gasteiger partial charge is 0.495 e. The number of rotatable bonds is 3. The van der Waals surface area contributed by atoms with E-state index in [2.05, 4.69) is 0 Å². The molecule has 1 aliphatic rings. The molecule has 98 valence electrons. The van der Waals surface area contributed by atoms with E-state index >= 15 is 0 Å². The molecule has 1 heterocycles. The van der Waals surface area contributed by atoms with Crippen molar-refractivity contribution in [2.45, 2.75) is 13.0 Å². The van der Waals surface area contributed by atoms with Crippen molar-refractivity contribution in [3.05, 3.63) is 23.8 Å². The molecule has 1 aliphatic heterocycles. The minimum absolute atomic E-state index is 0.0481. The molecule has 0 aromatic heterocycles. The van der Waals surface area contributed by atoms with Crippen LogP contribution in [0.2, 0.25) is 0 Å². The normalized spacial score (nSPS) is 20.1. The average Bonchev–Trinajstić information content (AvgIpc) is 2.38. The summed E-state index contributed by atoms with van der Waals surface area (Å²) in [7, 11) is 1.62. The number of anilines is 1. The fourth-order valence-corrected chi connectivity index (χ4v) is 3.11. The van der Waals surface area contributed by atoms with Crippen molar-refractivity contribution in [1.82, 2.24) is 0 Å². The van der Waals surface area contributed by atoms with Crippen LogP contribution in [0.25, 0.3) is 0 Å². The number of nitrogens with zero attached hydrogens (tertiary/aromatic N) is 1. The van der Waals surface area contributed by atoms with Crippen molar-refractivity contribution in [2.75, 3.05) is 30.1 Å². The second kappa shape index (κ2) is 5.63. The molecule has 1 atom stereocenters. The third-order valence-electron chi connectivity index (χ3n) is 3.04. The van der Waals surface area contributed by atoms with Gasteiger partial charge in [0.1, 0.15) is 5.75 Å². The zero-order valence-corrected chi connectivity index (χ0v) is 11.5. The number of hydrogen-bond acceptors (Lipinski definition) is 4. The highest BCUT2D eigenvalue weighted by molar-refractivity contribution is 8.00. The molecule has 1 saturated heterocycles. The number of thioether (sulfide) groups is 1. The number of hydrogen-bond donors (Lipinski definition) is 1. The van der Waals surface area contributed by atoms with E-state index < -0.39 is 0 Å². The number of ether oxygens (including phenoxy) is 1. The Bertz CT molecular complexity index is 451. The Morgan fingerprint density at radius 3 is 3.00 bits per heavy atom. The number of aryl methyl sites for hydroxylation is 1. The van der Waals surface area contributed by atoms with Crippen molar-refractivity contribution in [1.29, 1.82) is 0 Å². The van der Waals surface area contributed by atoms with Gasteiger partial charge in [0.05, 0.1) is 24.6 Å². The maximum absolute atomic E-state index is 12.1. The zero-order chi connectivity index (χ0) is 13.1. The van der Waals surface area contributed by atoms with Crippen LogP contribution in [0.3, 0.4) is 0 Å². The molecule has 18 heavy (non-hydrogen) atoms. The summed E-state index contributed by atoms with van der Waals surface area (Å²) in [5, 5.41) is 0. The number of methoxy groups -OCH3 is 1. The summed E-state index contributed by atoms with van der Waals surface area (Å²) in [6.45, 7) is 2.47. The van der Waals surface area contributed by atoms with Gasteiger partial charge in [-0.15, -0.1) is 11.8 Å². The van der Waals surface area contributed by atoms with Crippen LogP contribution in [0.15, 0.2) is 18.2 Å². The maximum atomic E-state index is 12.1. The van der Waals surface area contributed by atoms with Crippen molar-refractivity contribution in [3.63, 3.8) is 0 Å². The quantitative estimate of drug-likeness (QED) is 0.899. The van der Waals surface area contributed by atoms with E-state index in [0.29, 0.717) is 12.3 Å². The van der Waals surface area contributed by atoms with Crippen molar-refractivity contribution in [3.8, 4) is 5.75 Å². The van der Waals surface area contributed by atoms with Gasteiger partial charge in [-0.3, -0.25) is 4.79 Å². The molecule has 0 aliphatic carbocycles. The highest BCUT2D eigenvalue weighted by Crippen LogP contribution is 2.33. The predicted molar refractivity (Wildman–Crippen MR) is 75.4 cm³/mol. The van der Waals surface area contributed by atoms with Crippen molar-refractivity contribution < 1.29 is 9.53 Å². The molecule has 1 unspecified atom stereocenters. The van der Waals surface area contributed by atoms with Gasteiger partial charge in [-0.25, -0.2) is 0 Å². The number of carbonyl (C=O) groups is 1. The fraction of sp³-hybridized carbons (Fsp3) is 0.462. The van der Waals surface area contributed by atoms with Gasteiger partial charge in [0.25, 0.3) is 0 Å². The summed E-state index contributed by atoms with van der Waals surface area (Å²) in [6.07, 6.45) is 0. The molecule has 0 bridgehead atoms. The number of carbonyl (C=O) groups excluding carboxylic acids is 1. The van der Waals surface area contributed by atoms with E-state index in [1.807, 2.05) is 25.1 Å². The Balaban J connectivity index is 2.43. The van der Waals surface area contributed by atoms with Gasteiger partial charge in [0.15, 0.2) is 0 Å². The second-order valence-electron chi connectivity index (χ2n) is 4.34. The van der Waals surface area contributed by atoms with Crippen LogP contribution in [0, 0.1) is 6.92 Å². The maximum Gasteiger partial charge on any atom is 0.237 e. The molecular formula is C13H18N2O2S. The number of benzene rings is 1. The zero-order valence-electron chi connectivity index (χ0n) is 10.7. The smallest absolute Gasteiger partial charge is 0.237 e. The van der Waals surface area contributed by atoms with Crippen LogP contribution < -0.4 is 15.4 Å². The van der Waals surface area contributed by atoms with Gasteiger partial charge in [-0.2, -0.15) is 0 Å². The van der Waals surface area contributed by atoms with Gasteiger partial charge >= 0.3 is 0 Å². The van der Waals surface area contributed by atoms with E-state index in [1.54, 1.807) is 23.8 Å². The van der Waals surface area contributed by atoms with E-state index in [-0.39, 0.29) is 11.9 Å². The summed E-state index contributed by atoms with van der Waals surface area (Å²) in [5.74, 6) is 2.21. The van der Waals surface area contributed by atoms with Crippen molar-refractivity contribution >= 4 is 23.4 Å². The summed E-state index contributed by atoms with van der Waals surface area (Å²) in [4.78, 5) is 13.9. The number of nitrogens with two attached hydrogens (primary N) is 1. The topological polar surface area (TPSA) is 55.6 Å². The Morgan fingerprint density at radius 2 is 2.33 bits per heavy atom. The monoisotopic (exact) mass is 266 g/mol. The first-order valence-corrected chi connectivity index (χ1v) is 7.07. The Labute approximate surface area is 111 Å². The highest BCUT2D eigenvalue weighted by atomic mass is 32.2. The van der Waals surface area contributed by atoms with Crippen molar-refractivity contribution in [2.24, 2.45) is 5.73 Å². The molecule has 4 nitrogen and oxygen atoms in total. The van der Waals surface area contributed by atoms with Gasteiger partial charge in [0, 0.05) is 12.3 Å². The third-order valence-corrected chi connectivity index (χ3v) is 4.11. The SMILES string of the molecule is COc1ccc(C)cc1N1C(=O)CSCC1CN. The van der Waals surface area contributed by atoms with Gasteiger partial charge < -0.3 is 15.4 Å². The lowest BCUT2D eigenvalue weighted by atomic mass is 10.1. The Morgan fingerprint density at radius 1 is 1.56 bits per heavy atom. The summed E-state index contributed by atoms with van der Waals surface area (Å²) in [5.41, 5.74) is 7.71. The van der Waals surface area contributed by atoms with Crippen LogP contribution in [0.4, 0.5) is 5.69 Å². The van der Waals surface area contributed by atoms with Gasteiger partial charge in [0.2, 0.25) is 5.91 Å². The predicted octanol–water partition coefficient (Wildman–Crippen LogP) is 1.41. The standard InChI is InChI=1S/C13H18N2O2S/c1-9-3-4-12(17-2)11(5-9)15-10(6-14)7-18-8-13(15)16/h3-5,10H,6-8,14H2,1-2H3. The average molecular weight is 266 g/mol. The molecule has 1 fully saturated rings. The van der Waals surface area contributed by atoms with Crippen LogP contribution in [-0.4, -0.2) is 37.1 Å². The lowest BCUT2D eigenvalue weighted by Gasteiger charge is -2.35. The van der Waals surface area contributed by atoms with E-state index in [1.165, 1.54) is 0 Å². The van der Waals surface area contributed by atoms with Crippen LogP contribution >= 0.6 is 11.8 Å². The lowest BCUT2D eigenvalue weighted by molar-refractivity contribution is -0.116. The lowest BCUT2D eigenvalue weighted by Crippen LogP contribution is -2.50. The first-order valence-electron chi connectivity index (χ1n) is 5.92. The minimum Gasteiger partial charge on any atom is -0.495 e. The van der Waals surface area contributed by atoms with Gasteiger partial charge in [-0.05, 0) is 24.6 Å². The van der Waals surface area contributed by atoms with Gasteiger partial charge in [-0.1, -0.05) is 6.07 Å². The van der Waals surface area contributed by atoms with Crippen LogP contribution in [0.1, 0.15) is 5.56 Å². The molecule has 0 radical (unpaired) electrons. The fourth-order valence-electron chi connectivity index (χ4n) is 2.12. The molecule has 1 amide bonds. The molecule has 0 spiro atoms. The molecule has 2 N–H and O–H groups in total. The molecule has 0 saturated carbocycles. The minimum atomic E-state index is 0.0481. The Kier molecular flexibility index (Phi) is 4.14. The molecule has 5 heteroatoms. The summed E-state index contributed by atoms with van der Waals surface area (Å²) >= 11 is 1.64. The summed E-state index contributed by atoms with van der Waals surface area (Å²) in [6, 6.07) is 5.90.